The molecule has 26 heavy (non-hydrogen) atoms. The van der Waals surface area contributed by atoms with Gasteiger partial charge in [-0.15, -0.1) is 0 Å². The molecular formula is C16H17F2N3O4S. The van der Waals surface area contributed by atoms with Crippen molar-refractivity contribution in [3.63, 3.8) is 0 Å². The van der Waals surface area contributed by atoms with E-state index in [1.54, 1.807) is 0 Å². The summed E-state index contributed by atoms with van der Waals surface area (Å²) >= 11 is 0.714. The molecule has 1 heterocycles. The number of nitrogens with zero attached hydrogens (tertiary/aromatic N) is 1. The minimum absolute atomic E-state index is 0.0199. The second-order valence-electron chi connectivity index (χ2n) is 5.73. The minimum Gasteiger partial charge on any atom is -0.477 e. The predicted molar refractivity (Wildman–Crippen MR) is 91.6 cm³/mol. The number of nitrogens with one attached hydrogen (secondary N) is 2. The van der Waals surface area contributed by atoms with Crippen LogP contribution in [0.5, 0.6) is 5.88 Å². The number of carboxylic acid groups (broad SMARTS) is 1. The van der Waals surface area contributed by atoms with E-state index in [-0.39, 0.29) is 27.9 Å². The van der Waals surface area contributed by atoms with Gasteiger partial charge in [0, 0.05) is 12.1 Å². The van der Waals surface area contributed by atoms with Crippen LogP contribution < -0.4 is 15.4 Å². The Kier molecular flexibility index (Phi) is 6.45. The number of carbonyl (C=O) groups excluding carboxylic acids is 1. The highest BCUT2D eigenvalue weighted by Crippen LogP contribution is 2.31. The molecule has 0 saturated carbocycles. The summed E-state index contributed by atoms with van der Waals surface area (Å²) in [6, 6.07) is 3.00. The number of carboxylic acids is 1. The van der Waals surface area contributed by atoms with Crippen LogP contribution in [0.2, 0.25) is 0 Å². The van der Waals surface area contributed by atoms with E-state index < -0.39 is 30.2 Å². The van der Waals surface area contributed by atoms with E-state index >= 15 is 0 Å². The van der Waals surface area contributed by atoms with E-state index in [2.05, 4.69) is 15.0 Å². The zero-order valence-corrected chi connectivity index (χ0v) is 14.8. The zero-order valence-electron chi connectivity index (χ0n) is 14.0. The first-order valence-corrected chi connectivity index (χ1v) is 8.40. The monoisotopic (exact) mass is 385 g/mol. The van der Waals surface area contributed by atoms with Gasteiger partial charge in [-0.3, -0.25) is 5.32 Å². The van der Waals surface area contributed by atoms with Crippen LogP contribution in [0.25, 0.3) is 0 Å². The average Bonchev–Trinajstić information content (AvgIpc) is 2.97. The normalized spacial score (nSPS) is 10.7. The van der Waals surface area contributed by atoms with Gasteiger partial charge in [0.15, 0.2) is 17.2 Å². The first kappa shape index (κ1) is 19.6. The van der Waals surface area contributed by atoms with Crippen molar-refractivity contribution in [1.82, 2.24) is 9.69 Å². The van der Waals surface area contributed by atoms with E-state index in [9.17, 15) is 23.5 Å². The topological polar surface area (TPSA) is 101 Å². The largest absolute Gasteiger partial charge is 0.477 e. The number of rotatable bonds is 7. The fourth-order valence-corrected chi connectivity index (χ4v) is 2.62. The van der Waals surface area contributed by atoms with Crippen LogP contribution >= 0.6 is 11.5 Å². The summed E-state index contributed by atoms with van der Waals surface area (Å²) < 4.78 is 35.9. The van der Waals surface area contributed by atoms with Crippen molar-refractivity contribution < 1.29 is 28.2 Å². The summed E-state index contributed by atoms with van der Waals surface area (Å²) in [4.78, 5) is 23.3. The zero-order chi connectivity index (χ0) is 19.3. The van der Waals surface area contributed by atoms with Gasteiger partial charge in [0.05, 0.1) is 0 Å². The molecular weight excluding hydrogens is 368 g/mol. The van der Waals surface area contributed by atoms with Crippen LogP contribution in [0, 0.1) is 17.6 Å². The molecule has 1 aromatic carbocycles. The van der Waals surface area contributed by atoms with Gasteiger partial charge in [-0.25, -0.2) is 18.4 Å². The highest BCUT2D eigenvalue weighted by atomic mass is 32.1. The summed E-state index contributed by atoms with van der Waals surface area (Å²) in [6.07, 6.45) is 0. The molecule has 0 radical (unpaired) electrons. The molecule has 0 aliphatic heterocycles. The molecule has 0 saturated heterocycles. The van der Waals surface area contributed by atoms with Crippen molar-refractivity contribution in [3.05, 3.63) is 41.0 Å². The molecule has 7 nitrogen and oxygen atoms in total. The van der Waals surface area contributed by atoms with E-state index in [1.807, 2.05) is 13.8 Å². The Balaban J connectivity index is 2.12. The van der Waals surface area contributed by atoms with E-state index in [1.165, 1.54) is 12.1 Å². The Morgan fingerprint density at radius 2 is 2.08 bits per heavy atom. The smallest absolute Gasteiger partial charge is 0.344 e. The summed E-state index contributed by atoms with van der Waals surface area (Å²) in [6.45, 7) is 3.82. The second kappa shape index (κ2) is 8.56. The maximum Gasteiger partial charge on any atom is 0.344 e. The predicted octanol–water partition coefficient (Wildman–Crippen LogP) is 3.48. The third-order valence-corrected chi connectivity index (χ3v) is 3.91. The molecule has 2 rings (SSSR count). The summed E-state index contributed by atoms with van der Waals surface area (Å²) in [5, 5.41) is 14.3. The lowest BCUT2D eigenvalue weighted by atomic mass is 10.2. The Labute approximate surface area is 152 Å². The van der Waals surface area contributed by atoms with Crippen LogP contribution in [-0.2, 0) is 6.61 Å². The number of ether oxygens (including phenoxy) is 1. The van der Waals surface area contributed by atoms with Gasteiger partial charge in [0.25, 0.3) is 0 Å². The molecule has 10 heteroatoms. The standard InChI is InChI=1S/C16H17F2N3O4S/c1-8(2)6-19-16(24)20-14-11(15(22)23)13(21-26-14)25-7-9-4-3-5-10(17)12(9)18/h3-5,8H,6-7H2,1-2H3,(H,22,23)(H2,19,20,24). The lowest BCUT2D eigenvalue weighted by Crippen LogP contribution is -2.31. The number of carbonyl (C=O) groups is 2. The number of benzene rings is 1. The first-order chi connectivity index (χ1) is 12.3. The SMILES string of the molecule is CC(C)CNC(=O)Nc1snc(OCc2cccc(F)c2F)c1C(=O)O. The van der Waals surface area contributed by atoms with Crippen molar-refractivity contribution in [2.45, 2.75) is 20.5 Å². The molecule has 0 aliphatic rings. The maximum absolute atomic E-state index is 13.6. The number of hydrogen-bond donors (Lipinski definition) is 3. The van der Waals surface area contributed by atoms with Crippen molar-refractivity contribution in [2.24, 2.45) is 5.92 Å². The molecule has 140 valence electrons. The molecule has 2 aromatic rings. The van der Waals surface area contributed by atoms with Crippen LogP contribution in [0.3, 0.4) is 0 Å². The molecule has 2 amide bonds. The quantitative estimate of drug-likeness (QED) is 0.678. The molecule has 0 bridgehead atoms. The minimum atomic E-state index is -1.37. The van der Waals surface area contributed by atoms with E-state index in [0.29, 0.717) is 18.1 Å². The molecule has 0 spiro atoms. The van der Waals surface area contributed by atoms with Gasteiger partial charge in [-0.2, -0.15) is 4.37 Å². The van der Waals surface area contributed by atoms with Gasteiger partial charge < -0.3 is 15.2 Å². The highest BCUT2D eigenvalue weighted by Gasteiger charge is 2.24. The fourth-order valence-electron chi connectivity index (χ4n) is 1.90. The van der Waals surface area contributed by atoms with Crippen LogP contribution in [0.1, 0.15) is 29.8 Å². The first-order valence-electron chi connectivity index (χ1n) is 7.63. The Bertz CT molecular complexity index is 811. The average molecular weight is 385 g/mol. The molecule has 0 atom stereocenters. The number of hydrogen-bond acceptors (Lipinski definition) is 5. The Morgan fingerprint density at radius 1 is 1.35 bits per heavy atom. The lowest BCUT2D eigenvalue weighted by molar-refractivity contribution is 0.0693. The van der Waals surface area contributed by atoms with Gasteiger partial charge in [-0.1, -0.05) is 26.0 Å². The fraction of sp³-hybridized carbons (Fsp3) is 0.312. The number of halogens is 2. The number of urea groups is 1. The maximum atomic E-state index is 13.6. The van der Waals surface area contributed by atoms with E-state index in [4.69, 9.17) is 4.74 Å². The Hall–Kier alpha value is -2.75. The Morgan fingerprint density at radius 3 is 2.73 bits per heavy atom. The molecule has 0 unspecified atom stereocenters. The van der Waals surface area contributed by atoms with Crippen LogP contribution in [-0.4, -0.2) is 28.0 Å². The number of anilines is 1. The second-order valence-corrected chi connectivity index (χ2v) is 6.50. The van der Waals surface area contributed by atoms with Crippen LogP contribution in [0.15, 0.2) is 18.2 Å². The third-order valence-electron chi connectivity index (χ3n) is 3.17. The van der Waals surface area contributed by atoms with Crippen molar-refractivity contribution in [3.8, 4) is 5.88 Å². The summed E-state index contributed by atoms with van der Waals surface area (Å²) in [5.41, 5.74) is -0.440. The number of aromatic carboxylic acids is 1. The lowest BCUT2D eigenvalue weighted by Gasteiger charge is -2.09. The summed E-state index contributed by atoms with van der Waals surface area (Å²) in [7, 11) is 0. The van der Waals surface area contributed by atoms with Gasteiger partial charge in [-0.05, 0) is 23.5 Å². The van der Waals surface area contributed by atoms with Crippen molar-refractivity contribution in [1.29, 1.82) is 0 Å². The van der Waals surface area contributed by atoms with Gasteiger partial charge >= 0.3 is 12.0 Å². The molecule has 1 aromatic heterocycles. The van der Waals surface area contributed by atoms with E-state index in [0.717, 1.165) is 6.07 Å². The summed E-state index contributed by atoms with van der Waals surface area (Å²) in [5.74, 6) is -3.54. The van der Waals surface area contributed by atoms with Gasteiger partial charge in [0.1, 0.15) is 11.6 Å². The number of amides is 2. The molecule has 0 aliphatic carbocycles. The van der Waals surface area contributed by atoms with Crippen molar-refractivity contribution >= 4 is 28.5 Å². The van der Waals surface area contributed by atoms with Gasteiger partial charge in [0.2, 0.25) is 5.88 Å². The van der Waals surface area contributed by atoms with Crippen LogP contribution in [0.4, 0.5) is 18.6 Å². The third kappa shape index (κ3) is 4.88. The van der Waals surface area contributed by atoms with Crippen molar-refractivity contribution in [2.75, 3.05) is 11.9 Å². The molecule has 3 N–H and O–H groups in total. The number of aromatic nitrogens is 1. The molecule has 0 fully saturated rings. The highest BCUT2D eigenvalue weighted by molar-refractivity contribution is 7.11.